The summed E-state index contributed by atoms with van der Waals surface area (Å²) in [5.41, 5.74) is 0. The van der Waals surface area contributed by atoms with Gasteiger partial charge >= 0.3 is 13.8 Å². The van der Waals surface area contributed by atoms with Gasteiger partial charge in [-0.3, -0.25) is 18.4 Å². The van der Waals surface area contributed by atoms with Gasteiger partial charge in [0.25, 0.3) is 0 Å². The number of esters is 1. The van der Waals surface area contributed by atoms with Gasteiger partial charge in [0.1, 0.15) is 6.61 Å². The van der Waals surface area contributed by atoms with Crippen molar-refractivity contribution in [2.45, 2.75) is 103 Å². The van der Waals surface area contributed by atoms with Gasteiger partial charge in [0.05, 0.1) is 6.61 Å². The molecule has 174 valence electrons. The molecule has 0 aliphatic carbocycles. The van der Waals surface area contributed by atoms with E-state index in [0.717, 1.165) is 33.5 Å². The number of rotatable bonds is 21. The molecule has 0 amide bonds. The maximum atomic E-state index is 13.6. The minimum Gasteiger partial charge on any atom is -0.462 e. The molecule has 1 atom stereocenters. The van der Waals surface area contributed by atoms with Crippen molar-refractivity contribution < 1.29 is 32.1 Å². The zero-order valence-electron chi connectivity index (χ0n) is 18.7. The molecule has 0 heterocycles. The van der Waals surface area contributed by atoms with E-state index in [0.29, 0.717) is 6.42 Å². The first-order chi connectivity index (χ1) is 14.0. The summed E-state index contributed by atoms with van der Waals surface area (Å²) in [4.78, 5) is 11.6. The fourth-order valence-electron chi connectivity index (χ4n) is 2.94. The van der Waals surface area contributed by atoms with Gasteiger partial charge in [-0.2, -0.15) is 0 Å². The van der Waals surface area contributed by atoms with Crippen LogP contribution < -0.4 is 0 Å². The molecule has 0 aromatic rings. The number of phosphoric acid groups is 1. The van der Waals surface area contributed by atoms with E-state index in [2.05, 4.69) is 16.0 Å². The molecular weight excluding hydrogens is 398 g/mol. The van der Waals surface area contributed by atoms with Gasteiger partial charge < -0.3 is 4.74 Å². The van der Waals surface area contributed by atoms with Crippen molar-refractivity contribution in [3.8, 4) is 0 Å². The van der Waals surface area contributed by atoms with Crippen LogP contribution in [0.1, 0.15) is 96.8 Å². The highest BCUT2D eigenvalue weighted by Gasteiger charge is 2.25. The zero-order valence-corrected chi connectivity index (χ0v) is 19.6. The first-order valence-electron chi connectivity index (χ1n) is 11.1. The first kappa shape index (κ1) is 28.5. The van der Waals surface area contributed by atoms with Crippen molar-refractivity contribution in [3.63, 3.8) is 0 Å². The van der Waals surface area contributed by atoms with Crippen LogP contribution in [0.25, 0.3) is 0 Å². The molecule has 0 aliphatic rings. The standard InChI is InChI=1S/C21H42FO6P/c1-4-5-6-7-8-9-10-11-12-13-14-15-16-17-21(23)27-18-20(22)19-28-29(24,25-2)26-3/h20H,4-19H2,1-3H3/t20-/m1/s1. The Morgan fingerprint density at radius 2 is 1.24 bits per heavy atom. The third kappa shape index (κ3) is 18.0. The lowest BCUT2D eigenvalue weighted by atomic mass is 10.0. The van der Waals surface area contributed by atoms with Crippen LogP contribution in [0.5, 0.6) is 0 Å². The Kier molecular flexibility index (Phi) is 19.1. The summed E-state index contributed by atoms with van der Waals surface area (Å²) >= 11 is 0. The molecule has 0 saturated carbocycles. The van der Waals surface area contributed by atoms with Crippen LogP contribution in [0.4, 0.5) is 4.39 Å². The monoisotopic (exact) mass is 440 g/mol. The Morgan fingerprint density at radius 1 is 0.793 bits per heavy atom. The van der Waals surface area contributed by atoms with Crippen molar-refractivity contribution in [1.29, 1.82) is 0 Å². The molecule has 0 fully saturated rings. The molecule has 0 spiro atoms. The fourth-order valence-corrected chi connectivity index (χ4v) is 3.65. The molecule has 0 bridgehead atoms. The highest BCUT2D eigenvalue weighted by atomic mass is 31.2. The maximum Gasteiger partial charge on any atom is 0.474 e. The SMILES string of the molecule is CCCCCCCCCCCCCCCC(=O)OC[C@@H](F)COP(=O)(OC)OC. The molecule has 0 rings (SSSR count). The van der Waals surface area contributed by atoms with E-state index in [9.17, 15) is 13.8 Å². The lowest BCUT2D eigenvalue weighted by Crippen LogP contribution is -2.19. The third-order valence-electron chi connectivity index (χ3n) is 4.77. The number of alkyl halides is 1. The summed E-state index contributed by atoms with van der Waals surface area (Å²) in [6, 6.07) is 0. The summed E-state index contributed by atoms with van der Waals surface area (Å²) in [7, 11) is -1.41. The van der Waals surface area contributed by atoms with Crippen LogP contribution in [-0.2, 0) is 27.7 Å². The quantitative estimate of drug-likeness (QED) is 0.111. The number of carbonyl (C=O) groups excluding carboxylic acids is 1. The summed E-state index contributed by atoms with van der Waals surface area (Å²) in [6.45, 7) is 1.29. The van der Waals surface area contributed by atoms with Crippen molar-refractivity contribution in [2.24, 2.45) is 0 Å². The van der Waals surface area contributed by atoms with Gasteiger partial charge in [-0.1, -0.05) is 84.0 Å². The van der Waals surface area contributed by atoms with Crippen LogP contribution >= 0.6 is 7.82 Å². The normalized spacial score (nSPS) is 12.8. The molecule has 8 heteroatoms. The average Bonchev–Trinajstić information content (AvgIpc) is 2.73. The summed E-state index contributed by atoms with van der Waals surface area (Å²) in [6.07, 6.45) is 14.8. The largest absolute Gasteiger partial charge is 0.474 e. The van der Waals surface area contributed by atoms with Gasteiger partial charge in [0.2, 0.25) is 0 Å². The van der Waals surface area contributed by atoms with Gasteiger partial charge in [-0.05, 0) is 6.42 Å². The molecular formula is C21H42FO6P. The Labute approximate surface area is 176 Å². The molecule has 29 heavy (non-hydrogen) atoms. The summed E-state index contributed by atoms with van der Waals surface area (Å²) < 4.78 is 43.9. The second-order valence-corrected chi connectivity index (χ2v) is 9.26. The molecule has 0 saturated heterocycles. The van der Waals surface area contributed by atoms with Crippen LogP contribution in [-0.4, -0.2) is 39.6 Å². The van der Waals surface area contributed by atoms with Crippen LogP contribution in [0.15, 0.2) is 0 Å². The minimum absolute atomic E-state index is 0.292. The molecule has 0 aromatic heterocycles. The smallest absolute Gasteiger partial charge is 0.462 e. The van der Waals surface area contributed by atoms with Gasteiger partial charge in [-0.15, -0.1) is 0 Å². The summed E-state index contributed by atoms with van der Waals surface area (Å²) in [5.74, 6) is -0.419. The minimum atomic E-state index is -3.71. The van der Waals surface area contributed by atoms with Gasteiger partial charge in [0, 0.05) is 20.6 Å². The van der Waals surface area contributed by atoms with E-state index in [1.165, 1.54) is 64.2 Å². The molecule has 0 aliphatic heterocycles. The number of halogens is 1. The Hall–Kier alpha value is -0.490. The van der Waals surface area contributed by atoms with Crippen molar-refractivity contribution in [1.82, 2.24) is 0 Å². The molecule has 0 N–H and O–H groups in total. The molecule has 6 nitrogen and oxygen atoms in total. The van der Waals surface area contributed by atoms with Crippen molar-refractivity contribution in [3.05, 3.63) is 0 Å². The predicted molar refractivity (Wildman–Crippen MR) is 114 cm³/mol. The average molecular weight is 441 g/mol. The van der Waals surface area contributed by atoms with E-state index in [-0.39, 0.29) is 0 Å². The van der Waals surface area contributed by atoms with Crippen molar-refractivity contribution >= 4 is 13.8 Å². The number of hydrogen-bond donors (Lipinski definition) is 0. The van der Waals surface area contributed by atoms with E-state index < -0.39 is 33.2 Å². The van der Waals surface area contributed by atoms with Crippen molar-refractivity contribution in [2.75, 3.05) is 27.4 Å². The predicted octanol–water partition coefficient (Wildman–Crippen LogP) is 6.77. The Morgan fingerprint density at radius 3 is 1.69 bits per heavy atom. The second-order valence-electron chi connectivity index (χ2n) is 7.38. The fraction of sp³-hybridized carbons (Fsp3) is 0.952. The Bertz CT molecular complexity index is 427. The lowest BCUT2D eigenvalue weighted by molar-refractivity contribution is -0.145. The van der Waals surface area contributed by atoms with Gasteiger partial charge in [0.15, 0.2) is 6.17 Å². The second kappa shape index (κ2) is 19.5. The topological polar surface area (TPSA) is 71.1 Å². The van der Waals surface area contributed by atoms with E-state index in [4.69, 9.17) is 9.26 Å². The van der Waals surface area contributed by atoms with E-state index in [1.807, 2.05) is 0 Å². The van der Waals surface area contributed by atoms with Crippen LogP contribution in [0.2, 0.25) is 0 Å². The highest BCUT2D eigenvalue weighted by molar-refractivity contribution is 7.48. The maximum absolute atomic E-state index is 13.6. The molecule has 0 unspecified atom stereocenters. The van der Waals surface area contributed by atoms with E-state index >= 15 is 0 Å². The zero-order chi connectivity index (χ0) is 21.8. The van der Waals surface area contributed by atoms with Crippen LogP contribution in [0.3, 0.4) is 0 Å². The van der Waals surface area contributed by atoms with Crippen LogP contribution in [0, 0.1) is 0 Å². The molecule has 0 radical (unpaired) electrons. The number of carbonyl (C=O) groups is 1. The van der Waals surface area contributed by atoms with Gasteiger partial charge in [-0.25, -0.2) is 8.96 Å². The first-order valence-corrected chi connectivity index (χ1v) is 12.6. The lowest BCUT2D eigenvalue weighted by Gasteiger charge is -2.15. The third-order valence-corrected chi connectivity index (χ3v) is 6.13. The van der Waals surface area contributed by atoms with E-state index in [1.54, 1.807) is 0 Å². The number of ether oxygens (including phenoxy) is 1. The molecule has 0 aromatic carbocycles. The number of hydrogen-bond acceptors (Lipinski definition) is 6. The number of phosphoric ester groups is 1. The number of unbranched alkanes of at least 4 members (excludes halogenated alkanes) is 12. The summed E-state index contributed by atoms with van der Waals surface area (Å²) in [5, 5.41) is 0. The Balaban J connectivity index is 3.44. The highest BCUT2D eigenvalue weighted by Crippen LogP contribution is 2.47.